The molecule has 1 saturated heterocycles. The maximum absolute atomic E-state index is 12.3. The quantitative estimate of drug-likeness (QED) is 0.900. The van der Waals surface area contributed by atoms with Gasteiger partial charge in [0, 0.05) is 10.5 Å². The SMILES string of the molecule is O=C(N[C@@H]1CC[C@H]2OCCO[C@H]2C1)c1ccccc1Br. The van der Waals surface area contributed by atoms with E-state index in [-0.39, 0.29) is 24.2 Å². The zero-order chi connectivity index (χ0) is 13.9. The third-order valence-electron chi connectivity index (χ3n) is 3.93. The molecule has 1 aliphatic carbocycles. The fourth-order valence-electron chi connectivity index (χ4n) is 2.91. The number of rotatable bonds is 2. The number of ether oxygens (including phenoxy) is 2. The third kappa shape index (κ3) is 3.05. The van der Waals surface area contributed by atoms with Crippen molar-refractivity contribution >= 4 is 21.8 Å². The highest BCUT2D eigenvalue weighted by atomic mass is 79.9. The van der Waals surface area contributed by atoms with Crippen LogP contribution < -0.4 is 5.32 Å². The molecule has 1 aromatic rings. The second-order valence-electron chi connectivity index (χ2n) is 5.28. The van der Waals surface area contributed by atoms with E-state index in [0.29, 0.717) is 18.8 Å². The van der Waals surface area contributed by atoms with Gasteiger partial charge in [-0.05, 0) is 47.3 Å². The van der Waals surface area contributed by atoms with Crippen LogP contribution in [-0.2, 0) is 9.47 Å². The van der Waals surface area contributed by atoms with Crippen molar-refractivity contribution in [2.24, 2.45) is 0 Å². The van der Waals surface area contributed by atoms with Crippen LogP contribution in [0.25, 0.3) is 0 Å². The van der Waals surface area contributed by atoms with Gasteiger partial charge in [-0.15, -0.1) is 0 Å². The molecule has 0 radical (unpaired) electrons. The molecule has 1 aliphatic heterocycles. The van der Waals surface area contributed by atoms with Crippen LogP contribution in [-0.4, -0.2) is 37.4 Å². The average Bonchev–Trinajstić information content (AvgIpc) is 2.47. The van der Waals surface area contributed by atoms with E-state index in [1.807, 2.05) is 24.3 Å². The molecular formula is C15H18BrNO3. The topological polar surface area (TPSA) is 47.6 Å². The van der Waals surface area contributed by atoms with E-state index in [0.717, 1.165) is 23.7 Å². The van der Waals surface area contributed by atoms with Gasteiger partial charge in [-0.2, -0.15) is 0 Å². The van der Waals surface area contributed by atoms with Gasteiger partial charge in [0.25, 0.3) is 5.91 Å². The lowest BCUT2D eigenvalue weighted by Gasteiger charge is -2.39. The summed E-state index contributed by atoms with van der Waals surface area (Å²) >= 11 is 3.41. The number of nitrogens with one attached hydrogen (secondary N) is 1. The fraction of sp³-hybridized carbons (Fsp3) is 0.533. The Kier molecular flexibility index (Phi) is 4.38. The first-order valence-corrected chi connectivity index (χ1v) is 7.82. The minimum Gasteiger partial charge on any atom is -0.373 e. The van der Waals surface area contributed by atoms with Crippen molar-refractivity contribution in [2.75, 3.05) is 13.2 Å². The molecule has 108 valence electrons. The van der Waals surface area contributed by atoms with Crippen LogP contribution in [0.5, 0.6) is 0 Å². The first kappa shape index (κ1) is 14.0. The van der Waals surface area contributed by atoms with Gasteiger partial charge in [-0.3, -0.25) is 4.79 Å². The van der Waals surface area contributed by atoms with Gasteiger partial charge in [0.15, 0.2) is 0 Å². The molecule has 1 aromatic carbocycles. The number of hydrogen-bond acceptors (Lipinski definition) is 3. The summed E-state index contributed by atoms with van der Waals surface area (Å²) in [5.74, 6) is -0.0300. The predicted molar refractivity (Wildman–Crippen MR) is 78.7 cm³/mol. The molecular weight excluding hydrogens is 322 g/mol. The Bertz CT molecular complexity index is 494. The lowest BCUT2D eigenvalue weighted by Crippen LogP contribution is -2.49. The summed E-state index contributed by atoms with van der Waals surface area (Å²) in [6, 6.07) is 7.64. The molecule has 2 fully saturated rings. The number of amides is 1. The van der Waals surface area contributed by atoms with Gasteiger partial charge >= 0.3 is 0 Å². The van der Waals surface area contributed by atoms with Gasteiger partial charge in [-0.1, -0.05) is 12.1 Å². The highest BCUT2D eigenvalue weighted by Crippen LogP contribution is 2.27. The summed E-state index contributed by atoms with van der Waals surface area (Å²) in [6.07, 6.45) is 3.06. The number of hydrogen-bond donors (Lipinski definition) is 1. The van der Waals surface area contributed by atoms with Crippen molar-refractivity contribution in [2.45, 2.75) is 37.5 Å². The first-order chi connectivity index (χ1) is 9.74. The monoisotopic (exact) mass is 339 g/mol. The number of benzene rings is 1. The maximum atomic E-state index is 12.3. The van der Waals surface area contributed by atoms with Gasteiger partial charge in [0.2, 0.25) is 0 Å². The van der Waals surface area contributed by atoms with Crippen LogP contribution in [0.1, 0.15) is 29.6 Å². The molecule has 3 rings (SSSR count). The smallest absolute Gasteiger partial charge is 0.252 e. The van der Waals surface area contributed by atoms with Crippen molar-refractivity contribution < 1.29 is 14.3 Å². The van der Waals surface area contributed by atoms with E-state index >= 15 is 0 Å². The van der Waals surface area contributed by atoms with Crippen LogP contribution in [0.2, 0.25) is 0 Å². The highest BCUT2D eigenvalue weighted by Gasteiger charge is 2.34. The molecule has 2 aliphatic rings. The zero-order valence-electron chi connectivity index (χ0n) is 11.2. The Balaban J connectivity index is 1.61. The molecule has 3 atom stereocenters. The second-order valence-corrected chi connectivity index (χ2v) is 6.14. The molecule has 0 unspecified atom stereocenters. The normalized spacial score (nSPS) is 29.6. The van der Waals surface area contributed by atoms with Crippen molar-refractivity contribution in [1.29, 1.82) is 0 Å². The second kappa shape index (κ2) is 6.24. The van der Waals surface area contributed by atoms with Crippen LogP contribution in [0.15, 0.2) is 28.7 Å². The van der Waals surface area contributed by atoms with Crippen molar-refractivity contribution in [1.82, 2.24) is 5.32 Å². The van der Waals surface area contributed by atoms with Crippen LogP contribution >= 0.6 is 15.9 Å². The summed E-state index contributed by atoms with van der Waals surface area (Å²) in [7, 11) is 0. The Morgan fingerprint density at radius 1 is 1.15 bits per heavy atom. The Labute approximate surface area is 127 Å². The molecule has 20 heavy (non-hydrogen) atoms. The molecule has 0 aromatic heterocycles. The molecule has 5 heteroatoms. The van der Waals surface area contributed by atoms with Crippen LogP contribution in [0.4, 0.5) is 0 Å². The largest absolute Gasteiger partial charge is 0.373 e. The fourth-order valence-corrected chi connectivity index (χ4v) is 3.37. The molecule has 1 N–H and O–H groups in total. The molecule has 1 saturated carbocycles. The Morgan fingerprint density at radius 3 is 2.70 bits per heavy atom. The highest BCUT2D eigenvalue weighted by molar-refractivity contribution is 9.10. The Hall–Kier alpha value is -0.910. The molecule has 0 bridgehead atoms. The number of carbonyl (C=O) groups is 1. The molecule has 4 nitrogen and oxygen atoms in total. The van der Waals surface area contributed by atoms with E-state index in [1.54, 1.807) is 0 Å². The van der Waals surface area contributed by atoms with Crippen molar-refractivity contribution in [3.05, 3.63) is 34.3 Å². The summed E-state index contributed by atoms with van der Waals surface area (Å²) in [5, 5.41) is 3.10. The van der Waals surface area contributed by atoms with E-state index in [2.05, 4.69) is 21.2 Å². The minimum atomic E-state index is -0.0300. The van der Waals surface area contributed by atoms with Crippen LogP contribution in [0.3, 0.4) is 0 Å². The minimum absolute atomic E-state index is 0.0300. The predicted octanol–water partition coefficient (Wildman–Crippen LogP) is 2.52. The molecule has 1 amide bonds. The summed E-state index contributed by atoms with van der Waals surface area (Å²) < 4.78 is 12.3. The van der Waals surface area contributed by atoms with E-state index in [9.17, 15) is 4.79 Å². The average molecular weight is 340 g/mol. The zero-order valence-corrected chi connectivity index (χ0v) is 12.8. The lowest BCUT2D eigenvalue weighted by atomic mass is 9.89. The van der Waals surface area contributed by atoms with Gasteiger partial charge in [-0.25, -0.2) is 0 Å². The van der Waals surface area contributed by atoms with Crippen LogP contribution in [0, 0.1) is 0 Å². The molecule has 1 heterocycles. The van der Waals surface area contributed by atoms with E-state index < -0.39 is 0 Å². The summed E-state index contributed by atoms with van der Waals surface area (Å²) in [4.78, 5) is 12.3. The third-order valence-corrected chi connectivity index (χ3v) is 4.62. The van der Waals surface area contributed by atoms with Gasteiger partial charge < -0.3 is 14.8 Å². The number of carbonyl (C=O) groups excluding carboxylic acids is 1. The van der Waals surface area contributed by atoms with Crippen molar-refractivity contribution in [3.63, 3.8) is 0 Å². The van der Waals surface area contributed by atoms with Gasteiger partial charge in [0.1, 0.15) is 0 Å². The standard InChI is InChI=1S/C15H18BrNO3/c16-12-4-2-1-3-11(12)15(18)17-10-5-6-13-14(9-10)20-8-7-19-13/h1-4,10,13-14H,5-9H2,(H,17,18)/t10-,13-,14+/m1/s1. The number of fused-ring (bicyclic) bond motifs is 1. The lowest BCUT2D eigenvalue weighted by molar-refractivity contribution is -0.157. The summed E-state index contributed by atoms with van der Waals surface area (Å²) in [6.45, 7) is 1.35. The maximum Gasteiger partial charge on any atom is 0.252 e. The Morgan fingerprint density at radius 2 is 1.90 bits per heavy atom. The van der Waals surface area contributed by atoms with Gasteiger partial charge in [0.05, 0.1) is 31.0 Å². The first-order valence-electron chi connectivity index (χ1n) is 7.02. The van der Waals surface area contributed by atoms with Crippen molar-refractivity contribution in [3.8, 4) is 0 Å². The number of halogens is 1. The van der Waals surface area contributed by atoms with E-state index in [4.69, 9.17) is 9.47 Å². The molecule has 0 spiro atoms. The van der Waals surface area contributed by atoms with E-state index in [1.165, 1.54) is 0 Å². The summed E-state index contributed by atoms with van der Waals surface area (Å²) in [5.41, 5.74) is 0.676.